The van der Waals surface area contributed by atoms with Crippen LogP contribution in [-0.4, -0.2) is 39.6 Å². The predicted octanol–water partition coefficient (Wildman–Crippen LogP) is 1.83. The van der Waals surface area contributed by atoms with Gasteiger partial charge in [-0.3, -0.25) is 9.78 Å². The largest absolute Gasteiger partial charge is 0.490 e. The first kappa shape index (κ1) is 21.9. The van der Waals surface area contributed by atoms with Gasteiger partial charge in [0, 0.05) is 36.8 Å². The number of benzene rings is 1. The fourth-order valence-electron chi connectivity index (χ4n) is 2.95. The highest BCUT2D eigenvalue weighted by Gasteiger charge is 2.38. The van der Waals surface area contributed by atoms with Gasteiger partial charge in [-0.25, -0.2) is 4.79 Å². The van der Waals surface area contributed by atoms with Crippen LogP contribution in [0.2, 0.25) is 0 Å². The molecule has 10 heteroatoms. The zero-order valence-corrected chi connectivity index (χ0v) is 16.2. The number of pyridine rings is 1. The third-order valence-corrected chi connectivity index (χ3v) is 4.47. The average molecular weight is 432 g/mol. The van der Waals surface area contributed by atoms with Crippen LogP contribution in [0.25, 0.3) is 18.0 Å². The van der Waals surface area contributed by atoms with Crippen molar-refractivity contribution in [3.8, 4) is 0 Å². The monoisotopic (exact) mass is 432 g/mol. The number of fused-ring (bicyclic) bond motifs is 1. The van der Waals surface area contributed by atoms with Crippen molar-refractivity contribution in [1.82, 2.24) is 15.3 Å². The number of hydrogen-bond donors (Lipinski definition) is 3. The van der Waals surface area contributed by atoms with Crippen LogP contribution in [0.5, 0.6) is 0 Å². The second-order valence-corrected chi connectivity index (χ2v) is 6.71. The molecule has 0 spiro atoms. The Labute approximate surface area is 175 Å². The second-order valence-electron chi connectivity index (χ2n) is 6.71. The molecule has 2 aliphatic heterocycles. The van der Waals surface area contributed by atoms with Crippen molar-refractivity contribution < 1.29 is 27.9 Å². The van der Waals surface area contributed by atoms with Crippen LogP contribution in [0.15, 0.2) is 48.8 Å². The molecule has 1 saturated heterocycles. The number of amides is 1. The predicted molar refractivity (Wildman–Crippen MR) is 108 cm³/mol. The smallest absolute Gasteiger partial charge is 0.475 e. The molecule has 0 aliphatic carbocycles. The summed E-state index contributed by atoms with van der Waals surface area (Å²) in [5, 5.41) is 9.27. The van der Waals surface area contributed by atoms with Crippen molar-refractivity contribution in [1.29, 1.82) is 0 Å². The SMILES string of the molecule is O=C(O)C(F)(F)F.O=C1CCCN1C=c1ccc2c(c1)NNC=2/C=C/c1ccncc1. The van der Waals surface area contributed by atoms with E-state index >= 15 is 0 Å². The molecule has 0 unspecified atom stereocenters. The zero-order chi connectivity index (χ0) is 22.4. The normalized spacial score (nSPS) is 16.0. The molecule has 3 N–H and O–H groups in total. The van der Waals surface area contributed by atoms with E-state index in [2.05, 4.69) is 28.0 Å². The Morgan fingerprint density at radius 1 is 1.13 bits per heavy atom. The van der Waals surface area contributed by atoms with Crippen LogP contribution in [0.4, 0.5) is 18.9 Å². The zero-order valence-electron chi connectivity index (χ0n) is 16.2. The van der Waals surface area contributed by atoms with Gasteiger partial charge in [-0.2, -0.15) is 13.2 Å². The number of aromatic nitrogens is 1. The van der Waals surface area contributed by atoms with E-state index in [1.807, 2.05) is 36.6 Å². The Bertz CT molecular complexity index is 1110. The summed E-state index contributed by atoms with van der Waals surface area (Å²) in [6.07, 6.45) is 6.09. The lowest BCUT2D eigenvalue weighted by Crippen LogP contribution is -2.22. The van der Waals surface area contributed by atoms with E-state index in [9.17, 15) is 18.0 Å². The summed E-state index contributed by atoms with van der Waals surface area (Å²) in [6, 6.07) is 10.1. The minimum atomic E-state index is -5.08. The molecule has 0 radical (unpaired) electrons. The molecule has 1 amide bonds. The highest BCUT2D eigenvalue weighted by molar-refractivity contribution is 5.82. The maximum atomic E-state index is 11.7. The number of anilines is 1. The van der Waals surface area contributed by atoms with E-state index in [-0.39, 0.29) is 5.91 Å². The summed E-state index contributed by atoms with van der Waals surface area (Å²) in [7, 11) is 0. The summed E-state index contributed by atoms with van der Waals surface area (Å²) >= 11 is 0. The number of halogens is 3. The van der Waals surface area contributed by atoms with Gasteiger partial charge in [0.25, 0.3) is 0 Å². The average Bonchev–Trinajstić information content (AvgIpc) is 3.32. The molecule has 2 aromatic rings. The first-order valence-corrected chi connectivity index (χ1v) is 9.30. The maximum Gasteiger partial charge on any atom is 0.490 e. The Morgan fingerprint density at radius 3 is 2.45 bits per heavy atom. The molecule has 31 heavy (non-hydrogen) atoms. The van der Waals surface area contributed by atoms with Crippen LogP contribution in [0.1, 0.15) is 18.4 Å². The molecular formula is C21H19F3N4O3. The quantitative estimate of drug-likeness (QED) is 0.685. The maximum absolute atomic E-state index is 11.7. The van der Waals surface area contributed by atoms with Gasteiger partial charge >= 0.3 is 12.1 Å². The Balaban J connectivity index is 0.000000339. The van der Waals surface area contributed by atoms with Gasteiger partial charge in [-0.05, 0) is 41.5 Å². The van der Waals surface area contributed by atoms with Crippen molar-refractivity contribution >= 4 is 35.5 Å². The number of aliphatic carboxylic acids is 1. The Hall–Kier alpha value is -3.82. The molecule has 7 nitrogen and oxygen atoms in total. The van der Waals surface area contributed by atoms with Crippen molar-refractivity contribution in [3.63, 3.8) is 0 Å². The van der Waals surface area contributed by atoms with Crippen LogP contribution < -0.4 is 21.3 Å². The summed E-state index contributed by atoms with van der Waals surface area (Å²) in [4.78, 5) is 26.5. The van der Waals surface area contributed by atoms with Gasteiger partial charge in [0.1, 0.15) is 0 Å². The Morgan fingerprint density at radius 2 is 1.84 bits per heavy atom. The number of alkyl halides is 3. The number of nitrogens with zero attached hydrogens (tertiary/aromatic N) is 2. The van der Waals surface area contributed by atoms with Crippen molar-refractivity contribution in [2.24, 2.45) is 0 Å². The third-order valence-electron chi connectivity index (χ3n) is 4.47. The number of rotatable bonds is 3. The highest BCUT2D eigenvalue weighted by atomic mass is 19.4. The molecule has 1 fully saturated rings. The lowest BCUT2D eigenvalue weighted by atomic mass is 10.2. The molecule has 2 aliphatic rings. The van der Waals surface area contributed by atoms with E-state index in [1.165, 1.54) is 0 Å². The lowest BCUT2D eigenvalue weighted by Gasteiger charge is -2.08. The summed E-state index contributed by atoms with van der Waals surface area (Å²) < 4.78 is 31.7. The topological polar surface area (TPSA) is 94.6 Å². The fraction of sp³-hybridized carbons (Fsp3) is 0.190. The van der Waals surface area contributed by atoms with Crippen LogP contribution in [-0.2, 0) is 9.59 Å². The molecule has 162 valence electrons. The van der Waals surface area contributed by atoms with Crippen LogP contribution >= 0.6 is 0 Å². The van der Waals surface area contributed by atoms with Gasteiger partial charge in [-0.15, -0.1) is 0 Å². The number of carbonyl (C=O) groups excluding carboxylic acids is 1. The van der Waals surface area contributed by atoms with Crippen molar-refractivity contribution in [2.75, 3.05) is 12.0 Å². The first-order valence-electron chi connectivity index (χ1n) is 9.30. The number of hydrazine groups is 1. The van der Waals surface area contributed by atoms with E-state index in [4.69, 9.17) is 9.90 Å². The number of carboxylic acid groups (broad SMARTS) is 1. The van der Waals surface area contributed by atoms with Gasteiger partial charge in [-0.1, -0.05) is 18.2 Å². The van der Waals surface area contributed by atoms with Crippen molar-refractivity contribution in [2.45, 2.75) is 19.0 Å². The molecule has 1 aromatic heterocycles. The first-order chi connectivity index (χ1) is 14.7. The summed E-state index contributed by atoms with van der Waals surface area (Å²) in [5.74, 6) is -2.55. The van der Waals surface area contributed by atoms with Gasteiger partial charge < -0.3 is 20.9 Å². The molecule has 0 bridgehead atoms. The summed E-state index contributed by atoms with van der Waals surface area (Å²) in [5.41, 5.74) is 9.52. The molecule has 0 atom stereocenters. The van der Waals surface area contributed by atoms with E-state index < -0.39 is 12.1 Å². The van der Waals surface area contributed by atoms with E-state index in [0.717, 1.165) is 40.4 Å². The van der Waals surface area contributed by atoms with Gasteiger partial charge in [0.15, 0.2) is 0 Å². The van der Waals surface area contributed by atoms with Gasteiger partial charge in [0.2, 0.25) is 5.91 Å². The lowest BCUT2D eigenvalue weighted by molar-refractivity contribution is -0.192. The third kappa shape index (κ3) is 5.84. The van der Waals surface area contributed by atoms with Crippen molar-refractivity contribution in [3.05, 3.63) is 64.8 Å². The minimum absolute atomic E-state index is 0.203. The minimum Gasteiger partial charge on any atom is -0.475 e. The standard InChI is InChI=1S/C19H18N4O.C2HF3O2/c24-19-2-1-11-23(19)13-15-3-5-16-17(21-22-18(16)12-15)6-4-14-7-9-20-10-8-14;3-2(4,5)1(6)7/h3-10,12-13,21-22H,1-2,11H2;(H,6,7)/b6-4+,15-13?;. The second kappa shape index (κ2) is 9.33. The van der Waals surface area contributed by atoms with E-state index in [1.54, 1.807) is 17.3 Å². The fourth-order valence-corrected chi connectivity index (χ4v) is 2.95. The summed E-state index contributed by atoms with van der Waals surface area (Å²) in [6.45, 7) is 0.813. The molecular weight excluding hydrogens is 413 g/mol. The van der Waals surface area contributed by atoms with Gasteiger partial charge in [0.05, 0.1) is 11.4 Å². The number of hydrogen-bond acceptors (Lipinski definition) is 5. The molecule has 4 rings (SSSR count). The molecule has 3 heterocycles. The number of carboxylic acids is 1. The highest BCUT2D eigenvalue weighted by Crippen LogP contribution is 2.13. The van der Waals surface area contributed by atoms with Crippen LogP contribution in [0.3, 0.4) is 0 Å². The molecule has 1 aromatic carbocycles. The number of nitrogens with one attached hydrogen (secondary N) is 2. The number of likely N-dealkylation sites (tertiary alicyclic amines) is 1. The Kier molecular flexibility index (Phi) is 6.58. The molecule has 0 saturated carbocycles. The van der Waals surface area contributed by atoms with E-state index in [0.29, 0.717) is 6.42 Å². The van der Waals surface area contributed by atoms with Crippen LogP contribution in [0, 0.1) is 0 Å². The number of carbonyl (C=O) groups is 2.